The van der Waals surface area contributed by atoms with Gasteiger partial charge < -0.3 is 0 Å². The molecular weight excluding hydrogens is 193 g/mol. The number of hydrogen-bond donors (Lipinski definition) is 0. The van der Waals surface area contributed by atoms with Crippen LogP contribution < -0.4 is 29.6 Å². The van der Waals surface area contributed by atoms with Crippen molar-refractivity contribution >= 4 is 16.6 Å². The van der Waals surface area contributed by atoms with Gasteiger partial charge in [-0.25, -0.2) is 0 Å². The van der Waals surface area contributed by atoms with Gasteiger partial charge in [-0.05, 0) is 7.05 Å². The molecule has 3 nitrogen and oxygen atoms in total. The van der Waals surface area contributed by atoms with Crippen molar-refractivity contribution in [2.75, 3.05) is 7.05 Å². The third-order valence-corrected chi connectivity index (χ3v) is 9.87. The maximum Gasteiger partial charge on any atom is 1.00 e. The van der Waals surface area contributed by atoms with E-state index in [1.807, 2.05) is 13.1 Å². The van der Waals surface area contributed by atoms with Gasteiger partial charge in [0.1, 0.15) is 8.24 Å². The molecule has 0 aliphatic rings. The maximum absolute atomic E-state index is 8.80. The van der Waals surface area contributed by atoms with E-state index in [1.165, 1.54) is 0 Å². The molecule has 0 heterocycles. The van der Waals surface area contributed by atoms with Gasteiger partial charge in [-0.2, -0.15) is 0 Å². The molecule has 0 aromatic carbocycles. The zero-order valence-corrected chi connectivity index (χ0v) is 13.3. The first-order valence-electron chi connectivity index (χ1n) is 3.82. The summed E-state index contributed by atoms with van der Waals surface area (Å²) in [7, 11) is -1.05. The molecule has 0 aromatic rings. The minimum Gasteiger partial charge on any atom is -0.278 e. The summed E-state index contributed by atoms with van der Waals surface area (Å²) >= 11 is 0. The molecule has 6 heteroatoms. The van der Waals surface area contributed by atoms with Gasteiger partial charge in [-0.1, -0.05) is 19.6 Å². The molecule has 0 bridgehead atoms. The summed E-state index contributed by atoms with van der Waals surface area (Å²) in [6.45, 7) is 10.9. The van der Waals surface area contributed by atoms with Crippen LogP contribution in [0, 0.1) is 5.39 Å². The van der Waals surface area contributed by atoms with E-state index in [9.17, 15) is 0 Å². The Bertz CT molecular complexity index is 182. The molecule has 0 atom stereocenters. The molecule has 0 rings (SSSR count). The van der Waals surface area contributed by atoms with Crippen LogP contribution in [0.2, 0.25) is 32.7 Å². The topological polar surface area (TPSA) is 31.4 Å². The third-order valence-electron chi connectivity index (χ3n) is 2.07. The first-order chi connectivity index (χ1) is 4.72. The minimum absolute atomic E-state index is 0. The third kappa shape index (κ3) is 4.16. The van der Waals surface area contributed by atoms with Gasteiger partial charge in [0.05, 0.1) is 0 Å². The Morgan fingerprint density at radius 3 is 1.50 bits per heavy atom. The monoisotopic (exact) mass is 211 g/mol. The smallest absolute Gasteiger partial charge is 0.278 e. The molecule has 0 radical (unpaired) electrons. The van der Waals surface area contributed by atoms with Crippen LogP contribution in [-0.2, 0) is 0 Å². The Kier molecular flexibility index (Phi) is 6.23. The summed E-state index contributed by atoms with van der Waals surface area (Å²) in [5.41, 5.74) is 0. The quantitative estimate of drug-likeness (QED) is 0.447. The molecule has 0 aliphatic heterocycles. The van der Waals surface area contributed by atoms with Crippen LogP contribution in [0.5, 0.6) is 0 Å². The van der Waals surface area contributed by atoms with Crippen LogP contribution in [0.15, 0.2) is 0 Å². The first kappa shape index (κ1) is 15.3. The van der Waals surface area contributed by atoms with Gasteiger partial charge in [0.2, 0.25) is 0 Å². The number of hydrogen-bond acceptors (Lipinski definition) is 2. The van der Waals surface area contributed by atoms with Crippen molar-refractivity contribution < 1.29 is 29.6 Å². The predicted molar refractivity (Wildman–Crippen MR) is 53.7 cm³/mol. The second-order valence-electron chi connectivity index (χ2n) is 4.32. The van der Waals surface area contributed by atoms with E-state index >= 15 is 0 Å². The zero-order chi connectivity index (χ0) is 9.28. The fourth-order valence-corrected chi connectivity index (χ4v) is 7.72. The van der Waals surface area contributed by atoms with Crippen LogP contribution in [0.3, 0.4) is 0 Å². The molecule has 0 spiro atoms. The van der Waals surface area contributed by atoms with Crippen molar-refractivity contribution in [3.8, 4) is 0 Å². The molecule has 12 heavy (non-hydrogen) atoms. The Morgan fingerprint density at radius 2 is 1.42 bits per heavy atom. The fraction of sp³-hybridized carbons (Fsp3) is 1.00. The SMILES string of the molecule is CN([Si](C)(C)C)[Si](C)(C)[N+]#N.[Na+]. The van der Waals surface area contributed by atoms with Crippen LogP contribution >= 0.6 is 0 Å². The second kappa shape index (κ2) is 4.89. The Hall–Kier alpha value is 0.814. The van der Waals surface area contributed by atoms with E-state index in [1.54, 1.807) is 0 Å². The van der Waals surface area contributed by atoms with Crippen LogP contribution in [0.1, 0.15) is 0 Å². The second-order valence-corrected chi connectivity index (χ2v) is 13.6. The molecule has 0 fully saturated rings. The van der Waals surface area contributed by atoms with Gasteiger partial charge in [0.25, 0.3) is 0 Å². The van der Waals surface area contributed by atoms with Crippen LogP contribution in [0.4, 0.5) is 0 Å². The summed E-state index contributed by atoms with van der Waals surface area (Å²) < 4.78 is 5.78. The first-order valence-corrected chi connectivity index (χ1v) is 10.2. The van der Waals surface area contributed by atoms with Gasteiger partial charge in [-0.15, -0.1) is 0 Å². The Balaban J connectivity index is 0. The van der Waals surface area contributed by atoms with Crippen LogP contribution in [-0.4, -0.2) is 27.9 Å². The van der Waals surface area contributed by atoms with Gasteiger partial charge >= 0.3 is 38.0 Å². The van der Waals surface area contributed by atoms with Crippen LogP contribution in [0.25, 0.3) is 4.64 Å². The van der Waals surface area contributed by atoms with E-state index in [4.69, 9.17) is 5.39 Å². The van der Waals surface area contributed by atoms with Crippen molar-refractivity contribution in [2.24, 2.45) is 0 Å². The molecule has 0 saturated carbocycles. The summed E-state index contributed by atoms with van der Waals surface area (Å²) in [4.78, 5) is 0. The van der Waals surface area contributed by atoms with Gasteiger partial charge in [-0.3, -0.25) is 4.23 Å². The molecule has 64 valence electrons. The molecule has 0 aliphatic carbocycles. The predicted octanol–water partition coefficient (Wildman–Crippen LogP) is -0.688. The minimum atomic E-state index is -1.84. The molecular formula is C6H18N3NaSi2+2. The van der Waals surface area contributed by atoms with E-state index in [-0.39, 0.29) is 29.6 Å². The Labute approximate surface area is 99.7 Å². The van der Waals surface area contributed by atoms with E-state index < -0.39 is 16.6 Å². The number of diazo groups is 1. The van der Waals surface area contributed by atoms with Crippen molar-refractivity contribution in [3.63, 3.8) is 0 Å². The summed E-state index contributed by atoms with van der Waals surface area (Å²) in [6.07, 6.45) is 0. The Morgan fingerprint density at radius 1 is 1.08 bits per heavy atom. The summed E-state index contributed by atoms with van der Waals surface area (Å²) in [5.74, 6) is 0. The van der Waals surface area contributed by atoms with E-state index in [2.05, 4.69) is 35.6 Å². The normalized spacial score (nSPS) is 12.2. The van der Waals surface area contributed by atoms with Crippen molar-refractivity contribution in [1.82, 2.24) is 4.23 Å². The largest absolute Gasteiger partial charge is 1.00 e. The number of rotatable bonds is 2. The molecule has 0 unspecified atom stereocenters. The van der Waals surface area contributed by atoms with Gasteiger partial charge in [0, 0.05) is 17.7 Å². The molecule has 0 saturated heterocycles. The average molecular weight is 211 g/mol. The van der Waals surface area contributed by atoms with E-state index in [0.29, 0.717) is 0 Å². The number of nitrogens with zero attached hydrogens (tertiary/aromatic N) is 3. The van der Waals surface area contributed by atoms with Gasteiger partial charge in [0.15, 0.2) is 5.39 Å². The van der Waals surface area contributed by atoms with E-state index in [0.717, 1.165) is 0 Å². The van der Waals surface area contributed by atoms with Crippen molar-refractivity contribution in [2.45, 2.75) is 32.7 Å². The average Bonchev–Trinajstić information content (AvgIpc) is 1.84. The molecule has 0 N–H and O–H groups in total. The zero-order valence-electron chi connectivity index (χ0n) is 9.34. The molecule has 0 aromatic heterocycles. The maximum atomic E-state index is 8.80. The fourth-order valence-electron chi connectivity index (χ4n) is 0.888. The molecule has 0 amide bonds. The van der Waals surface area contributed by atoms with Crippen molar-refractivity contribution in [1.29, 1.82) is 5.39 Å². The van der Waals surface area contributed by atoms with Crippen molar-refractivity contribution in [3.05, 3.63) is 4.64 Å². The summed E-state index contributed by atoms with van der Waals surface area (Å²) in [5, 5.41) is 8.80. The summed E-state index contributed by atoms with van der Waals surface area (Å²) in [6, 6.07) is 0. The standard InChI is InChI=1S/C6H18N3Si2.Na/c1-9(10(2,3)4)11(5,6)8-7;/h1-6H3;/q2*+1.